The SMILES string of the molecule is Cc1nc(NCCc2ccc(F)cc2)cc(C(=O)NCC2CCCO2)n1. The summed E-state index contributed by atoms with van der Waals surface area (Å²) in [6.07, 6.45) is 2.83. The van der Waals surface area contributed by atoms with Crippen LogP contribution >= 0.6 is 0 Å². The molecule has 1 atom stereocenters. The quantitative estimate of drug-likeness (QED) is 0.795. The third kappa shape index (κ3) is 5.23. The average molecular weight is 358 g/mol. The molecule has 0 bridgehead atoms. The number of carbonyl (C=O) groups excluding carboxylic acids is 1. The molecule has 0 aliphatic carbocycles. The number of hydrogen-bond donors (Lipinski definition) is 2. The summed E-state index contributed by atoms with van der Waals surface area (Å²) in [7, 11) is 0. The molecule has 1 amide bonds. The second-order valence-electron chi connectivity index (χ2n) is 6.33. The van der Waals surface area contributed by atoms with Crippen LogP contribution in [0.3, 0.4) is 0 Å². The minimum absolute atomic E-state index is 0.0928. The molecule has 2 heterocycles. The van der Waals surface area contributed by atoms with Gasteiger partial charge in [-0.15, -0.1) is 0 Å². The maximum absolute atomic E-state index is 12.9. The second kappa shape index (κ2) is 8.71. The first-order valence-corrected chi connectivity index (χ1v) is 8.84. The van der Waals surface area contributed by atoms with E-state index in [1.165, 1.54) is 12.1 Å². The van der Waals surface area contributed by atoms with Gasteiger partial charge >= 0.3 is 0 Å². The van der Waals surface area contributed by atoms with Gasteiger partial charge in [-0.3, -0.25) is 4.79 Å². The summed E-state index contributed by atoms with van der Waals surface area (Å²) in [5, 5.41) is 6.06. The third-order valence-electron chi connectivity index (χ3n) is 4.22. The van der Waals surface area contributed by atoms with Crippen molar-refractivity contribution in [3.63, 3.8) is 0 Å². The Kier molecular flexibility index (Phi) is 6.12. The highest BCUT2D eigenvalue weighted by atomic mass is 19.1. The fourth-order valence-corrected chi connectivity index (χ4v) is 2.86. The lowest BCUT2D eigenvalue weighted by atomic mass is 10.1. The molecular formula is C19H23FN4O2. The van der Waals surface area contributed by atoms with Crippen LogP contribution < -0.4 is 10.6 Å². The Labute approximate surface area is 152 Å². The Balaban J connectivity index is 1.54. The molecule has 0 spiro atoms. The molecule has 1 saturated heterocycles. The Morgan fingerprint density at radius 3 is 2.85 bits per heavy atom. The Hall–Kier alpha value is -2.54. The number of nitrogens with one attached hydrogen (secondary N) is 2. The van der Waals surface area contributed by atoms with Crippen molar-refractivity contribution in [2.75, 3.05) is 25.0 Å². The molecule has 26 heavy (non-hydrogen) atoms. The summed E-state index contributed by atoms with van der Waals surface area (Å²) in [5.41, 5.74) is 1.36. The summed E-state index contributed by atoms with van der Waals surface area (Å²) < 4.78 is 18.4. The summed E-state index contributed by atoms with van der Waals surface area (Å²) >= 11 is 0. The van der Waals surface area contributed by atoms with Gasteiger partial charge in [0.1, 0.15) is 23.2 Å². The molecule has 0 radical (unpaired) electrons. The Bertz CT molecular complexity index is 746. The van der Waals surface area contributed by atoms with Gasteiger partial charge in [-0.2, -0.15) is 0 Å². The molecule has 1 aromatic carbocycles. The molecule has 2 N–H and O–H groups in total. The van der Waals surface area contributed by atoms with Crippen molar-refractivity contribution in [1.82, 2.24) is 15.3 Å². The van der Waals surface area contributed by atoms with Crippen LogP contribution in [0.4, 0.5) is 10.2 Å². The van der Waals surface area contributed by atoms with Gasteiger partial charge in [-0.05, 0) is 43.9 Å². The maximum atomic E-state index is 12.9. The minimum Gasteiger partial charge on any atom is -0.376 e. The van der Waals surface area contributed by atoms with Crippen LogP contribution in [0, 0.1) is 12.7 Å². The van der Waals surface area contributed by atoms with E-state index in [9.17, 15) is 9.18 Å². The monoisotopic (exact) mass is 358 g/mol. The molecule has 1 fully saturated rings. The highest BCUT2D eigenvalue weighted by molar-refractivity contribution is 5.92. The van der Waals surface area contributed by atoms with E-state index < -0.39 is 0 Å². The number of ether oxygens (including phenoxy) is 1. The molecular weight excluding hydrogens is 335 g/mol. The van der Waals surface area contributed by atoms with Crippen molar-refractivity contribution in [3.8, 4) is 0 Å². The van der Waals surface area contributed by atoms with Gasteiger partial charge in [0.25, 0.3) is 5.91 Å². The highest BCUT2D eigenvalue weighted by Gasteiger charge is 2.17. The first-order chi connectivity index (χ1) is 12.6. The van der Waals surface area contributed by atoms with Gasteiger partial charge in [0.2, 0.25) is 0 Å². The number of halogens is 1. The van der Waals surface area contributed by atoms with Crippen molar-refractivity contribution >= 4 is 11.7 Å². The van der Waals surface area contributed by atoms with Crippen LogP contribution in [0.15, 0.2) is 30.3 Å². The van der Waals surface area contributed by atoms with Crippen LogP contribution in [0.25, 0.3) is 0 Å². The standard InChI is InChI=1S/C19H23FN4O2/c1-13-23-17(19(25)22-12-16-3-2-10-26-16)11-18(24-13)21-9-8-14-4-6-15(20)7-5-14/h4-7,11,16H,2-3,8-10,12H2,1H3,(H,22,25)(H,21,23,24). The summed E-state index contributed by atoms with van der Waals surface area (Å²) in [5.74, 6) is 0.653. The lowest BCUT2D eigenvalue weighted by Gasteiger charge is -2.12. The molecule has 1 unspecified atom stereocenters. The van der Waals surface area contributed by atoms with Crippen molar-refractivity contribution in [3.05, 3.63) is 53.2 Å². The summed E-state index contributed by atoms with van der Waals surface area (Å²) in [4.78, 5) is 20.8. The highest BCUT2D eigenvalue weighted by Crippen LogP contribution is 2.12. The van der Waals surface area contributed by atoms with Gasteiger partial charge in [-0.1, -0.05) is 12.1 Å². The van der Waals surface area contributed by atoms with Gasteiger partial charge < -0.3 is 15.4 Å². The zero-order valence-electron chi connectivity index (χ0n) is 14.8. The van der Waals surface area contributed by atoms with Crippen LogP contribution in [-0.2, 0) is 11.2 Å². The third-order valence-corrected chi connectivity index (χ3v) is 4.22. The van der Waals surface area contributed by atoms with Crippen LogP contribution in [-0.4, -0.2) is 41.7 Å². The Morgan fingerprint density at radius 2 is 2.12 bits per heavy atom. The van der Waals surface area contributed by atoms with E-state index in [-0.39, 0.29) is 17.8 Å². The van der Waals surface area contributed by atoms with E-state index >= 15 is 0 Å². The molecule has 0 saturated carbocycles. The van der Waals surface area contributed by atoms with E-state index in [1.807, 2.05) is 0 Å². The number of hydrogen-bond acceptors (Lipinski definition) is 5. The molecule has 3 rings (SSSR count). The smallest absolute Gasteiger partial charge is 0.270 e. The van der Waals surface area contributed by atoms with Crippen LogP contribution in [0.5, 0.6) is 0 Å². The molecule has 138 valence electrons. The number of nitrogens with zero attached hydrogens (tertiary/aromatic N) is 2. The van der Waals surface area contributed by atoms with Gasteiger partial charge in [0.15, 0.2) is 0 Å². The van der Waals surface area contributed by atoms with Gasteiger partial charge in [0.05, 0.1) is 6.10 Å². The lowest BCUT2D eigenvalue weighted by Crippen LogP contribution is -2.32. The van der Waals surface area contributed by atoms with Crippen molar-refractivity contribution in [2.45, 2.75) is 32.3 Å². The zero-order chi connectivity index (χ0) is 18.4. The second-order valence-corrected chi connectivity index (χ2v) is 6.33. The predicted molar refractivity (Wildman–Crippen MR) is 96.7 cm³/mol. The number of rotatable bonds is 7. The normalized spacial score (nSPS) is 16.5. The number of aromatic nitrogens is 2. The van der Waals surface area contributed by atoms with E-state index in [4.69, 9.17) is 4.74 Å². The molecule has 1 aromatic heterocycles. The molecule has 1 aliphatic heterocycles. The predicted octanol–water partition coefficient (Wildman–Crippen LogP) is 2.49. The van der Waals surface area contributed by atoms with Crippen LogP contribution in [0.1, 0.15) is 34.7 Å². The molecule has 1 aliphatic rings. The molecule has 6 nitrogen and oxygen atoms in total. The topological polar surface area (TPSA) is 76.1 Å². The summed E-state index contributed by atoms with van der Waals surface area (Å²) in [6.45, 7) is 3.63. The molecule has 7 heteroatoms. The lowest BCUT2D eigenvalue weighted by molar-refractivity contribution is 0.0853. The fourth-order valence-electron chi connectivity index (χ4n) is 2.86. The minimum atomic E-state index is -0.244. The van der Waals surface area contributed by atoms with Gasteiger partial charge in [-0.25, -0.2) is 14.4 Å². The fraction of sp³-hybridized carbons (Fsp3) is 0.421. The van der Waals surface area contributed by atoms with Crippen LogP contribution in [0.2, 0.25) is 0 Å². The zero-order valence-corrected chi connectivity index (χ0v) is 14.8. The largest absolute Gasteiger partial charge is 0.376 e. The van der Waals surface area contributed by atoms with Gasteiger partial charge in [0, 0.05) is 25.8 Å². The first kappa shape index (κ1) is 18.3. The number of anilines is 1. The maximum Gasteiger partial charge on any atom is 0.270 e. The summed E-state index contributed by atoms with van der Waals surface area (Å²) in [6, 6.07) is 8.04. The van der Waals surface area contributed by atoms with E-state index in [1.54, 1.807) is 25.1 Å². The number of benzene rings is 1. The number of aryl methyl sites for hydroxylation is 1. The molecule has 2 aromatic rings. The Morgan fingerprint density at radius 1 is 1.31 bits per heavy atom. The van der Waals surface area contributed by atoms with E-state index in [0.29, 0.717) is 30.4 Å². The number of carbonyl (C=O) groups is 1. The van der Waals surface area contributed by atoms with Crippen molar-refractivity contribution in [1.29, 1.82) is 0 Å². The van der Waals surface area contributed by atoms with Crippen molar-refractivity contribution < 1.29 is 13.9 Å². The van der Waals surface area contributed by atoms with E-state index in [0.717, 1.165) is 31.4 Å². The van der Waals surface area contributed by atoms with E-state index in [2.05, 4.69) is 20.6 Å². The van der Waals surface area contributed by atoms with Crippen molar-refractivity contribution in [2.24, 2.45) is 0 Å². The first-order valence-electron chi connectivity index (χ1n) is 8.84. The number of amides is 1. The average Bonchev–Trinajstić information content (AvgIpc) is 3.14.